The van der Waals surface area contributed by atoms with Gasteiger partial charge >= 0.3 is 0 Å². The number of methoxy groups -OCH3 is 1. The summed E-state index contributed by atoms with van der Waals surface area (Å²) in [5.74, 6) is -0.575. The van der Waals surface area contributed by atoms with Crippen LogP contribution in [0.2, 0.25) is 0 Å². The molecule has 126 valence electrons. The van der Waals surface area contributed by atoms with E-state index in [4.69, 9.17) is 9.47 Å². The SMILES string of the molecule is COc1ccc([N+](=O)[O-])cc1NC(=O)[C@@H](C)Oc1cccc(F)c1. The van der Waals surface area contributed by atoms with E-state index in [9.17, 15) is 19.3 Å². The third-order valence-corrected chi connectivity index (χ3v) is 3.13. The van der Waals surface area contributed by atoms with Crippen LogP contribution in [-0.2, 0) is 4.79 Å². The van der Waals surface area contributed by atoms with Gasteiger partial charge in [-0.1, -0.05) is 6.07 Å². The third-order valence-electron chi connectivity index (χ3n) is 3.13. The number of rotatable bonds is 6. The average Bonchev–Trinajstić information content (AvgIpc) is 2.54. The van der Waals surface area contributed by atoms with Crippen LogP contribution in [0.3, 0.4) is 0 Å². The third kappa shape index (κ3) is 4.19. The maximum absolute atomic E-state index is 13.1. The lowest BCUT2D eigenvalue weighted by atomic mass is 10.2. The lowest BCUT2D eigenvalue weighted by Gasteiger charge is -2.16. The molecule has 0 unspecified atom stereocenters. The number of nitrogens with zero attached hydrogens (tertiary/aromatic N) is 1. The van der Waals surface area contributed by atoms with Crippen LogP contribution in [0.4, 0.5) is 15.8 Å². The minimum atomic E-state index is -0.948. The van der Waals surface area contributed by atoms with Crippen molar-refractivity contribution in [3.63, 3.8) is 0 Å². The molecule has 1 amide bonds. The summed E-state index contributed by atoms with van der Waals surface area (Å²) in [4.78, 5) is 22.5. The Hall–Kier alpha value is -3.16. The van der Waals surface area contributed by atoms with Crippen molar-refractivity contribution in [3.8, 4) is 11.5 Å². The van der Waals surface area contributed by atoms with E-state index in [1.165, 1.54) is 50.4 Å². The molecule has 0 bridgehead atoms. The Balaban J connectivity index is 2.13. The van der Waals surface area contributed by atoms with Crippen molar-refractivity contribution in [3.05, 3.63) is 58.4 Å². The molecule has 0 aliphatic carbocycles. The fraction of sp³-hybridized carbons (Fsp3) is 0.188. The Kier molecular flexibility index (Phi) is 5.31. The van der Waals surface area contributed by atoms with Gasteiger partial charge in [-0.2, -0.15) is 0 Å². The van der Waals surface area contributed by atoms with Crippen molar-refractivity contribution in [2.24, 2.45) is 0 Å². The number of carbonyl (C=O) groups is 1. The molecular weight excluding hydrogens is 319 g/mol. The molecule has 8 heteroatoms. The number of anilines is 1. The van der Waals surface area contributed by atoms with Crippen molar-refractivity contribution in [1.29, 1.82) is 0 Å². The second kappa shape index (κ2) is 7.40. The number of halogens is 1. The Labute approximate surface area is 137 Å². The molecule has 0 aromatic heterocycles. The van der Waals surface area contributed by atoms with Gasteiger partial charge in [-0.25, -0.2) is 4.39 Å². The summed E-state index contributed by atoms with van der Waals surface area (Å²) in [6.07, 6.45) is -0.948. The minimum Gasteiger partial charge on any atom is -0.495 e. The van der Waals surface area contributed by atoms with Gasteiger partial charge in [0.2, 0.25) is 0 Å². The quantitative estimate of drug-likeness (QED) is 0.647. The van der Waals surface area contributed by atoms with Gasteiger partial charge in [0.05, 0.1) is 17.7 Å². The molecule has 0 heterocycles. The number of nitro benzene ring substituents is 1. The zero-order valence-corrected chi connectivity index (χ0v) is 13.0. The first-order chi connectivity index (χ1) is 11.4. The summed E-state index contributed by atoms with van der Waals surface area (Å²) in [6.45, 7) is 1.48. The van der Waals surface area contributed by atoms with E-state index >= 15 is 0 Å². The fourth-order valence-electron chi connectivity index (χ4n) is 1.94. The van der Waals surface area contributed by atoms with Gasteiger partial charge in [0.1, 0.15) is 17.3 Å². The maximum Gasteiger partial charge on any atom is 0.271 e. The summed E-state index contributed by atoms with van der Waals surface area (Å²) in [5.41, 5.74) is -0.0452. The summed E-state index contributed by atoms with van der Waals surface area (Å²) in [5, 5.41) is 13.3. The van der Waals surface area contributed by atoms with Crippen LogP contribution >= 0.6 is 0 Å². The van der Waals surface area contributed by atoms with Crippen LogP contribution in [0.15, 0.2) is 42.5 Å². The Bertz CT molecular complexity index is 766. The van der Waals surface area contributed by atoms with E-state index in [1.54, 1.807) is 0 Å². The highest BCUT2D eigenvalue weighted by atomic mass is 19.1. The van der Waals surface area contributed by atoms with Crippen LogP contribution in [-0.4, -0.2) is 24.0 Å². The van der Waals surface area contributed by atoms with Crippen molar-refractivity contribution < 1.29 is 23.6 Å². The number of amides is 1. The molecule has 0 fully saturated rings. The molecule has 2 aromatic carbocycles. The van der Waals surface area contributed by atoms with E-state index in [2.05, 4.69) is 5.32 Å². The molecule has 0 aliphatic heterocycles. The molecule has 2 aromatic rings. The monoisotopic (exact) mass is 334 g/mol. The molecule has 2 rings (SSSR count). The molecule has 0 spiro atoms. The predicted octanol–water partition coefficient (Wildman–Crippen LogP) is 3.15. The van der Waals surface area contributed by atoms with Crippen molar-refractivity contribution in [2.75, 3.05) is 12.4 Å². The van der Waals surface area contributed by atoms with E-state index in [0.29, 0.717) is 0 Å². The molecule has 0 aliphatic rings. The topological polar surface area (TPSA) is 90.7 Å². The van der Waals surface area contributed by atoms with E-state index in [1.807, 2.05) is 0 Å². The van der Waals surface area contributed by atoms with Gasteiger partial charge in [0.25, 0.3) is 11.6 Å². The summed E-state index contributed by atoms with van der Waals surface area (Å²) >= 11 is 0. The van der Waals surface area contributed by atoms with Gasteiger partial charge in [0, 0.05) is 18.2 Å². The highest BCUT2D eigenvalue weighted by Crippen LogP contribution is 2.29. The maximum atomic E-state index is 13.1. The molecule has 24 heavy (non-hydrogen) atoms. The van der Waals surface area contributed by atoms with Crippen molar-refractivity contribution in [1.82, 2.24) is 0 Å². The second-order valence-electron chi connectivity index (χ2n) is 4.85. The zero-order valence-electron chi connectivity index (χ0n) is 13.0. The van der Waals surface area contributed by atoms with Crippen LogP contribution in [0, 0.1) is 15.9 Å². The number of nitro groups is 1. The van der Waals surface area contributed by atoms with Gasteiger partial charge in [-0.15, -0.1) is 0 Å². The van der Waals surface area contributed by atoms with E-state index in [0.717, 1.165) is 6.07 Å². The van der Waals surface area contributed by atoms with Crippen LogP contribution in [0.5, 0.6) is 11.5 Å². The van der Waals surface area contributed by atoms with Crippen LogP contribution < -0.4 is 14.8 Å². The first-order valence-electron chi connectivity index (χ1n) is 6.96. The number of carbonyl (C=O) groups excluding carboxylic acids is 1. The van der Waals surface area contributed by atoms with E-state index < -0.39 is 22.8 Å². The average molecular weight is 334 g/mol. The van der Waals surface area contributed by atoms with E-state index in [-0.39, 0.29) is 22.9 Å². The van der Waals surface area contributed by atoms with Crippen molar-refractivity contribution in [2.45, 2.75) is 13.0 Å². The molecule has 7 nitrogen and oxygen atoms in total. The van der Waals surface area contributed by atoms with Gasteiger partial charge in [-0.05, 0) is 25.1 Å². The fourth-order valence-corrected chi connectivity index (χ4v) is 1.94. The highest BCUT2D eigenvalue weighted by molar-refractivity contribution is 5.95. The normalized spacial score (nSPS) is 11.5. The molecule has 0 saturated heterocycles. The number of nitrogens with one attached hydrogen (secondary N) is 1. The first kappa shape index (κ1) is 17.2. The minimum absolute atomic E-state index is 0.145. The number of hydrogen-bond acceptors (Lipinski definition) is 5. The Morgan fingerprint density at radius 2 is 2.04 bits per heavy atom. The van der Waals surface area contributed by atoms with Gasteiger partial charge in [0.15, 0.2) is 6.10 Å². The van der Waals surface area contributed by atoms with Gasteiger partial charge < -0.3 is 14.8 Å². The number of benzene rings is 2. The summed E-state index contributed by atoms with van der Waals surface area (Å²) in [6, 6.07) is 9.21. The smallest absolute Gasteiger partial charge is 0.271 e. The van der Waals surface area contributed by atoms with Gasteiger partial charge in [-0.3, -0.25) is 14.9 Å². The zero-order chi connectivity index (χ0) is 17.7. The molecule has 0 saturated carbocycles. The van der Waals surface area contributed by atoms with Crippen LogP contribution in [0.25, 0.3) is 0 Å². The predicted molar refractivity (Wildman–Crippen MR) is 84.8 cm³/mol. The van der Waals surface area contributed by atoms with Crippen LogP contribution in [0.1, 0.15) is 6.92 Å². The highest BCUT2D eigenvalue weighted by Gasteiger charge is 2.19. The second-order valence-corrected chi connectivity index (χ2v) is 4.85. The Morgan fingerprint density at radius 3 is 2.67 bits per heavy atom. The number of ether oxygens (including phenoxy) is 2. The Morgan fingerprint density at radius 1 is 1.29 bits per heavy atom. The molecule has 0 radical (unpaired) electrons. The lowest BCUT2D eigenvalue weighted by molar-refractivity contribution is -0.384. The molecule has 1 N–H and O–H groups in total. The summed E-state index contributed by atoms with van der Waals surface area (Å²) < 4.78 is 23.5. The largest absolute Gasteiger partial charge is 0.495 e. The van der Waals surface area contributed by atoms with Crippen molar-refractivity contribution >= 4 is 17.3 Å². The first-order valence-corrected chi connectivity index (χ1v) is 6.96. The lowest BCUT2D eigenvalue weighted by Crippen LogP contribution is -2.30. The number of hydrogen-bond donors (Lipinski definition) is 1. The summed E-state index contributed by atoms with van der Waals surface area (Å²) in [7, 11) is 1.38. The molecular formula is C16H15FN2O5. The standard InChI is InChI=1S/C16H15FN2O5/c1-10(24-13-5-3-4-11(17)8-13)16(20)18-14-9-12(19(21)22)6-7-15(14)23-2/h3-10H,1-2H3,(H,18,20)/t10-/m1/s1. The molecule has 1 atom stereocenters. The number of non-ortho nitro benzene ring substituents is 1.